The highest BCUT2D eigenvalue weighted by Gasteiger charge is 2.24. The number of fused-ring (bicyclic) bond motifs is 1. The Kier molecular flexibility index (Phi) is 7.53. The van der Waals surface area contributed by atoms with Crippen molar-refractivity contribution in [3.05, 3.63) is 47.0 Å². The van der Waals surface area contributed by atoms with Crippen LogP contribution in [0.15, 0.2) is 41.3 Å². The zero-order chi connectivity index (χ0) is 22.6. The molecule has 0 saturated heterocycles. The van der Waals surface area contributed by atoms with E-state index in [2.05, 4.69) is 10.3 Å². The zero-order valence-corrected chi connectivity index (χ0v) is 19.9. The van der Waals surface area contributed by atoms with Crippen LogP contribution in [-0.2, 0) is 10.0 Å². The quantitative estimate of drug-likeness (QED) is 0.463. The summed E-state index contributed by atoms with van der Waals surface area (Å²) in [5, 5.41) is 3.51. The number of methoxy groups -OCH3 is 1. The normalized spacial score (nSPS) is 11.8. The highest BCUT2D eigenvalue weighted by atomic mass is 35.5. The smallest absolute Gasteiger partial charge is 0.261 e. The van der Waals surface area contributed by atoms with Crippen LogP contribution in [0.3, 0.4) is 0 Å². The second-order valence-electron chi connectivity index (χ2n) is 6.85. The van der Waals surface area contributed by atoms with Crippen molar-refractivity contribution in [2.75, 3.05) is 25.5 Å². The lowest BCUT2D eigenvalue weighted by molar-refractivity contribution is 0.102. The Morgan fingerprint density at radius 3 is 2.52 bits per heavy atom. The summed E-state index contributed by atoms with van der Waals surface area (Å²) in [6, 6.07) is 9.59. The summed E-state index contributed by atoms with van der Waals surface area (Å²) in [4.78, 5) is 17.3. The Bertz CT molecular complexity index is 1190. The molecule has 3 aromatic rings. The van der Waals surface area contributed by atoms with E-state index in [0.717, 1.165) is 12.8 Å². The number of rotatable bonds is 9. The number of benzene rings is 2. The molecule has 0 radical (unpaired) electrons. The molecule has 1 aromatic heterocycles. The molecular weight excluding hydrogens is 458 g/mol. The molecular formula is C21H24ClN3O4S2. The van der Waals surface area contributed by atoms with Crippen LogP contribution in [0, 0.1) is 0 Å². The molecule has 1 N–H and O–H groups in total. The number of halogens is 1. The molecule has 0 spiro atoms. The Labute approximate surface area is 191 Å². The molecule has 10 heteroatoms. The molecule has 166 valence electrons. The summed E-state index contributed by atoms with van der Waals surface area (Å²) in [5.41, 5.74) is 0.891. The van der Waals surface area contributed by atoms with Crippen LogP contribution in [0.25, 0.3) is 10.2 Å². The van der Waals surface area contributed by atoms with E-state index < -0.39 is 15.9 Å². The van der Waals surface area contributed by atoms with Crippen LogP contribution in [-0.4, -0.2) is 43.8 Å². The van der Waals surface area contributed by atoms with Gasteiger partial charge in [0, 0.05) is 18.1 Å². The SMILES string of the molecule is CCCN(CCC)S(=O)(=O)c1ccc2nc(NC(=O)c3cc(Cl)ccc3OC)sc2c1. The standard InChI is InChI=1S/C21H24ClN3O4S2/c1-4-10-25(11-5-2)31(27,28)15-7-8-17-19(13-15)30-21(23-17)24-20(26)16-12-14(22)6-9-18(16)29-3/h6-9,12-13H,4-5,10-11H2,1-3H3,(H,23,24,26). The summed E-state index contributed by atoms with van der Waals surface area (Å²) in [6.07, 6.45) is 1.48. The van der Waals surface area contributed by atoms with Gasteiger partial charge in [0.2, 0.25) is 10.0 Å². The topological polar surface area (TPSA) is 88.6 Å². The summed E-state index contributed by atoms with van der Waals surface area (Å²) in [6.45, 7) is 4.85. The number of ether oxygens (including phenoxy) is 1. The average molecular weight is 482 g/mol. The van der Waals surface area contributed by atoms with E-state index in [0.29, 0.717) is 39.2 Å². The monoisotopic (exact) mass is 481 g/mol. The van der Waals surface area contributed by atoms with E-state index >= 15 is 0 Å². The molecule has 7 nitrogen and oxygen atoms in total. The number of anilines is 1. The first-order valence-corrected chi connectivity index (χ1v) is 12.5. The summed E-state index contributed by atoms with van der Waals surface area (Å²) in [5.74, 6) is -0.0216. The Balaban J connectivity index is 1.89. The van der Waals surface area contributed by atoms with Gasteiger partial charge in [-0.15, -0.1) is 0 Å². The number of carbonyl (C=O) groups excluding carboxylic acids is 1. The minimum atomic E-state index is -3.59. The molecule has 0 atom stereocenters. The van der Waals surface area contributed by atoms with Crippen LogP contribution < -0.4 is 10.1 Å². The summed E-state index contributed by atoms with van der Waals surface area (Å²) in [7, 11) is -2.12. The van der Waals surface area contributed by atoms with Crippen LogP contribution >= 0.6 is 22.9 Å². The molecule has 2 aromatic carbocycles. The third-order valence-corrected chi connectivity index (χ3v) is 7.63. The highest BCUT2D eigenvalue weighted by Crippen LogP contribution is 2.30. The first-order chi connectivity index (χ1) is 14.8. The van der Waals surface area contributed by atoms with Gasteiger partial charge in [-0.1, -0.05) is 36.8 Å². The van der Waals surface area contributed by atoms with Gasteiger partial charge in [0.15, 0.2) is 5.13 Å². The minimum absolute atomic E-state index is 0.222. The van der Waals surface area contributed by atoms with Gasteiger partial charge in [-0.3, -0.25) is 10.1 Å². The number of aromatic nitrogens is 1. The highest BCUT2D eigenvalue weighted by molar-refractivity contribution is 7.89. The van der Waals surface area contributed by atoms with Crippen LogP contribution in [0.5, 0.6) is 5.75 Å². The molecule has 0 aliphatic heterocycles. The fourth-order valence-corrected chi connectivity index (χ4v) is 5.94. The molecule has 0 fully saturated rings. The molecule has 0 aliphatic rings. The molecule has 0 aliphatic carbocycles. The average Bonchev–Trinajstić information content (AvgIpc) is 3.14. The lowest BCUT2D eigenvalue weighted by Gasteiger charge is -2.20. The molecule has 1 heterocycles. The van der Waals surface area contributed by atoms with E-state index in [1.165, 1.54) is 28.8 Å². The van der Waals surface area contributed by atoms with Gasteiger partial charge < -0.3 is 4.74 Å². The van der Waals surface area contributed by atoms with Crippen molar-refractivity contribution in [3.8, 4) is 5.75 Å². The van der Waals surface area contributed by atoms with Gasteiger partial charge in [0.1, 0.15) is 5.75 Å². The number of thiazole rings is 1. The maximum Gasteiger partial charge on any atom is 0.261 e. The van der Waals surface area contributed by atoms with E-state index in [1.54, 1.807) is 30.3 Å². The van der Waals surface area contributed by atoms with Crippen molar-refractivity contribution in [1.82, 2.24) is 9.29 Å². The van der Waals surface area contributed by atoms with E-state index in [4.69, 9.17) is 16.3 Å². The van der Waals surface area contributed by atoms with E-state index in [-0.39, 0.29) is 10.5 Å². The van der Waals surface area contributed by atoms with E-state index in [9.17, 15) is 13.2 Å². The number of sulfonamides is 1. The fraction of sp³-hybridized carbons (Fsp3) is 0.333. The lowest BCUT2D eigenvalue weighted by Crippen LogP contribution is -2.32. The first-order valence-electron chi connectivity index (χ1n) is 9.85. The second-order valence-corrected chi connectivity index (χ2v) is 10.3. The molecule has 0 saturated carbocycles. The van der Waals surface area contributed by atoms with Gasteiger partial charge in [0.25, 0.3) is 5.91 Å². The number of hydrogen-bond acceptors (Lipinski definition) is 6. The lowest BCUT2D eigenvalue weighted by atomic mass is 10.2. The molecule has 1 amide bonds. The van der Waals surface area contributed by atoms with Crippen LogP contribution in [0.4, 0.5) is 5.13 Å². The van der Waals surface area contributed by atoms with E-state index in [1.807, 2.05) is 13.8 Å². The van der Waals surface area contributed by atoms with Crippen molar-refractivity contribution in [2.45, 2.75) is 31.6 Å². The predicted molar refractivity (Wildman–Crippen MR) is 125 cm³/mol. The number of amides is 1. The molecule has 0 unspecified atom stereocenters. The molecule has 31 heavy (non-hydrogen) atoms. The molecule has 3 rings (SSSR count). The third kappa shape index (κ3) is 5.17. The van der Waals surface area contributed by atoms with Crippen LogP contribution in [0.2, 0.25) is 5.02 Å². The predicted octanol–water partition coefficient (Wildman–Crippen LogP) is 5.02. The largest absolute Gasteiger partial charge is 0.496 e. The number of nitrogens with one attached hydrogen (secondary N) is 1. The van der Waals surface area contributed by atoms with Crippen molar-refractivity contribution in [2.24, 2.45) is 0 Å². The Morgan fingerprint density at radius 1 is 1.16 bits per heavy atom. The fourth-order valence-electron chi connectivity index (χ4n) is 3.14. The zero-order valence-electron chi connectivity index (χ0n) is 17.5. The van der Waals surface area contributed by atoms with Crippen molar-refractivity contribution < 1.29 is 17.9 Å². The third-order valence-electron chi connectivity index (χ3n) is 4.57. The Hall–Kier alpha value is -2.20. The van der Waals surface area contributed by atoms with Crippen molar-refractivity contribution in [1.29, 1.82) is 0 Å². The van der Waals surface area contributed by atoms with Crippen LogP contribution in [0.1, 0.15) is 37.0 Å². The van der Waals surface area contributed by atoms with Crippen molar-refractivity contribution >= 4 is 54.2 Å². The van der Waals surface area contributed by atoms with Gasteiger partial charge in [-0.2, -0.15) is 4.31 Å². The maximum atomic E-state index is 13.0. The summed E-state index contributed by atoms with van der Waals surface area (Å²) >= 11 is 7.21. The minimum Gasteiger partial charge on any atom is -0.496 e. The van der Waals surface area contributed by atoms with Gasteiger partial charge >= 0.3 is 0 Å². The van der Waals surface area contributed by atoms with Gasteiger partial charge in [-0.25, -0.2) is 13.4 Å². The molecule has 0 bridgehead atoms. The second kappa shape index (κ2) is 9.95. The van der Waals surface area contributed by atoms with Gasteiger partial charge in [-0.05, 0) is 49.2 Å². The number of carbonyl (C=O) groups is 1. The van der Waals surface area contributed by atoms with Crippen molar-refractivity contribution in [3.63, 3.8) is 0 Å². The first kappa shape index (κ1) is 23.5. The number of nitrogens with zero attached hydrogens (tertiary/aromatic N) is 2. The summed E-state index contributed by atoms with van der Waals surface area (Å²) < 4.78 is 33.5. The maximum absolute atomic E-state index is 13.0. The van der Waals surface area contributed by atoms with Gasteiger partial charge in [0.05, 0.1) is 27.8 Å². The Morgan fingerprint density at radius 2 is 1.87 bits per heavy atom. The number of hydrogen-bond donors (Lipinski definition) is 1.